The Labute approximate surface area is 190 Å². The molecule has 174 valence electrons. The van der Waals surface area contributed by atoms with Gasteiger partial charge in [-0.3, -0.25) is 9.78 Å². The summed E-state index contributed by atoms with van der Waals surface area (Å²) in [6, 6.07) is 1.57. The number of nitrogens with two attached hydrogens (primary N) is 1. The van der Waals surface area contributed by atoms with Crippen molar-refractivity contribution in [3.05, 3.63) is 53.0 Å². The van der Waals surface area contributed by atoms with E-state index in [9.17, 15) is 19.4 Å². The quantitative estimate of drug-likeness (QED) is 0.356. The number of pyridine rings is 1. The summed E-state index contributed by atoms with van der Waals surface area (Å²) in [6.07, 6.45) is 3.63. The van der Waals surface area contributed by atoms with E-state index in [1.54, 1.807) is 6.07 Å². The number of halogens is 2. The molecule has 0 saturated heterocycles. The van der Waals surface area contributed by atoms with Crippen molar-refractivity contribution in [3.63, 3.8) is 0 Å². The lowest BCUT2D eigenvalue weighted by atomic mass is 10.0. The zero-order chi connectivity index (χ0) is 23.9. The molecule has 0 bridgehead atoms. The molecule has 0 aromatic carbocycles. The second-order valence-electron chi connectivity index (χ2n) is 7.69. The van der Waals surface area contributed by atoms with Gasteiger partial charge in [0.1, 0.15) is 6.17 Å². The molecule has 0 saturated carbocycles. The SMILES string of the molecule is CCC(O)CNc1cc(C(=CN)c2ncc(Cl)cn2)ncc1C(=O)NCC(F)C(C)(C)O. The molecule has 32 heavy (non-hydrogen) atoms. The number of aromatic nitrogens is 3. The minimum Gasteiger partial charge on any atom is -0.404 e. The molecule has 0 aliphatic rings. The van der Waals surface area contributed by atoms with E-state index in [0.717, 1.165) is 0 Å². The van der Waals surface area contributed by atoms with E-state index in [-0.39, 0.29) is 24.5 Å². The Morgan fingerprint density at radius 2 is 1.94 bits per heavy atom. The first-order chi connectivity index (χ1) is 15.1. The van der Waals surface area contributed by atoms with Gasteiger partial charge in [-0.25, -0.2) is 14.4 Å². The van der Waals surface area contributed by atoms with Crippen LogP contribution in [0.15, 0.2) is 30.9 Å². The van der Waals surface area contributed by atoms with Gasteiger partial charge in [-0.15, -0.1) is 0 Å². The minimum atomic E-state index is -1.66. The lowest BCUT2D eigenvalue weighted by molar-refractivity contribution is -0.00177. The number of aliphatic hydroxyl groups is 2. The molecule has 11 heteroatoms. The lowest BCUT2D eigenvalue weighted by Gasteiger charge is -2.23. The van der Waals surface area contributed by atoms with E-state index in [1.807, 2.05) is 6.92 Å². The van der Waals surface area contributed by atoms with Crippen LogP contribution >= 0.6 is 11.6 Å². The normalized spacial score (nSPS) is 14.0. The first kappa shape index (κ1) is 25.4. The van der Waals surface area contributed by atoms with Crippen molar-refractivity contribution in [2.24, 2.45) is 5.73 Å². The summed E-state index contributed by atoms with van der Waals surface area (Å²) < 4.78 is 14.0. The highest BCUT2D eigenvalue weighted by atomic mass is 35.5. The van der Waals surface area contributed by atoms with E-state index < -0.39 is 23.8 Å². The number of nitrogens with one attached hydrogen (secondary N) is 2. The number of rotatable bonds is 10. The van der Waals surface area contributed by atoms with Gasteiger partial charge in [-0.05, 0) is 26.3 Å². The van der Waals surface area contributed by atoms with Crippen molar-refractivity contribution in [3.8, 4) is 0 Å². The van der Waals surface area contributed by atoms with Crippen LogP contribution in [0.3, 0.4) is 0 Å². The van der Waals surface area contributed by atoms with E-state index in [1.165, 1.54) is 38.6 Å². The lowest BCUT2D eigenvalue weighted by Crippen LogP contribution is -2.42. The molecular weight excluding hydrogens is 439 g/mol. The fourth-order valence-electron chi connectivity index (χ4n) is 2.56. The Bertz CT molecular complexity index is 950. The summed E-state index contributed by atoms with van der Waals surface area (Å²) in [6.45, 7) is 4.25. The summed E-state index contributed by atoms with van der Waals surface area (Å²) in [5, 5.41) is 25.5. The predicted molar refractivity (Wildman–Crippen MR) is 121 cm³/mol. The predicted octanol–water partition coefficient (Wildman–Crippen LogP) is 1.89. The Kier molecular flexibility index (Phi) is 8.88. The number of carbonyl (C=O) groups excluding carboxylic acids is 1. The van der Waals surface area contributed by atoms with Crippen LogP contribution in [0.4, 0.5) is 10.1 Å². The zero-order valence-corrected chi connectivity index (χ0v) is 18.9. The summed E-state index contributed by atoms with van der Waals surface area (Å²) >= 11 is 5.84. The molecule has 2 rings (SSSR count). The molecular formula is C21H28ClFN6O3. The molecule has 6 N–H and O–H groups in total. The van der Waals surface area contributed by atoms with Crippen molar-refractivity contribution in [1.82, 2.24) is 20.3 Å². The third-order valence-electron chi connectivity index (χ3n) is 4.66. The third kappa shape index (κ3) is 6.84. The Balaban J connectivity index is 2.35. The molecule has 0 fully saturated rings. The molecule has 0 radical (unpaired) electrons. The molecule has 2 heterocycles. The van der Waals surface area contributed by atoms with Gasteiger partial charge in [-0.1, -0.05) is 18.5 Å². The molecule has 2 atom stereocenters. The van der Waals surface area contributed by atoms with Crippen molar-refractivity contribution in [2.75, 3.05) is 18.4 Å². The van der Waals surface area contributed by atoms with Crippen LogP contribution in [0, 0.1) is 0 Å². The van der Waals surface area contributed by atoms with Crippen LogP contribution in [0.1, 0.15) is 49.1 Å². The average Bonchev–Trinajstić information content (AvgIpc) is 2.76. The van der Waals surface area contributed by atoms with Gasteiger partial charge < -0.3 is 26.6 Å². The van der Waals surface area contributed by atoms with Gasteiger partial charge in [-0.2, -0.15) is 0 Å². The molecule has 1 amide bonds. The first-order valence-corrected chi connectivity index (χ1v) is 10.4. The van der Waals surface area contributed by atoms with Gasteiger partial charge >= 0.3 is 0 Å². The summed E-state index contributed by atoms with van der Waals surface area (Å²) in [7, 11) is 0. The van der Waals surface area contributed by atoms with Gasteiger partial charge in [0.15, 0.2) is 5.82 Å². The molecule has 2 aromatic heterocycles. The number of hydrogen-bond donors (Lipinski definition) is 5. The summed E-state index contributed by atoms with van der Waals surface area (Å²) in [5.41, 5.74) is 5.43. The number of hydrogen-bond acceptors (Lipinski definition) is 8. The van der Waals surface area contributed by atoms with Crippen molar-refractivity contribution in [1.29, 1.82) is 0 Å². The number of carbonyl (C=O) groups is 1. The topological polar surface area (TPSA) is 146 Å². The molecule has 2 aromatic rings. The Morgan fingerprint density at radius 3 is 2.50 bits per heavy atom. The number of aliphatic hydroxyl groups excluding tert-OH is 1. The maximum atomic E-state index is 14.0. The molecule has 9 nitrogen and oxygen atoms in total. The molecule has 0 spiro atoms. The Hall–Kier alpha value is -2.82. The van der Waals surface area contributed by atoms with Gasteiger partial charge in [0.05, 0.1) is 45.8 Å². The van der Waals surface area contributed by atoms with Crippen LogP contribution in [0.25, 0.3) is 5.57 Å². The van der Waals surface area contributed by atoms with Crippen molar-refractivity contribution in [2.45, 2.75) is 45.1 Å². The van der Waals surface area contributed by atoms with Crippen molar-refractivity contribution >= 4 is 28.8 Å². The highest BCUT2D eigenvalue weighted by molar-refractivity contribution is 6.30. The van der Waals surface area contributed by atoms with Crippen LogP contribution in [0.2, 0.25) is 5.02 Å². The van der Waals surface area contributed by atoms with Crippen LogP contribution in [-0.2, 0) is 0 Å². The number of nitrogens with zero attached hydrogens (tertiary/aromatic N) is 3. The maximum absolute atomic E-state index is 14.0. The standard InChI is InChI=1S/C21H28ClFN6O3/c1-4-13(30)9-25-17-5-16(14(6-24)19-27-7-12(22)8-28-19)26-10-15(17)20(31)29-11-18(23)21(2,3)32/h5-8,10,13,18,30,32H,4,9,11,24H2,1-3H3,(H,25,26)(H,29,31). The van der Waals surface area contributed by atoms with Crippen LogP contribution in [-0.4, -0.2) is 62.0 Å². The zero-order valence-electron chi connectivity index (χ0n) is 18.1. The molecule has 0 aliphatic carbocycles. The fraction of sp³-hybridized carbons (Fsp3) is 0.429. The summed E-state index contributed by atoms with van der Waals surface area (Å²) in [4.78, 5) is 25.2. The van der Waals surface area contributed by atoms with Gasteiger partial charge in [0.2, 0.25) is 0 Å². The monoisotopic (exact) mass is 466 g/mol. The van der Waals surface area contributed by atoms with Crippen LogP contribution in [0.5, 0.6) is 0 Å². The maximum Gasteiger partial charge on any atom is 0.255 e. The van der Waals surface area contributed by atoms with E-state index >= 15 is 0 Å². The van der Waals surface area contributed by atoms with Crippen molar-refractivity contribution < 1.29 is 19.4 Å². The van der Waals surface area contributed by atoms with Gasteiger partial charge in [0.25, 0.3) is 5.91 Å². The van der Waals surface area contributed by atoms with E-state index in [4.69, 9.17) is 17.3 Å². The average molecular weight is 467 g/mol. The third-order valence-corrected chi connectivity index (χ3v) is 4.86. The smallest absolute Gasteiger partial charge is 0.255 e. The van der Waals surface area contributed by atoms with Gasteiger partial charge in [0, 0.05) is 31.3 Å². The Morgan fingerprint density at radius 1 is 1.28 bits per heavy atom. The number of amides is 1. The number of anilines is 1. The second kappa shape index (κ2) is 11.2. The fourth-order valence-corrected chi connectivity index (χ4v) is 2.65. The minimum absolute atomic E-state index is 0.133. The first-order valence-electron chi connectivity index (χ1n) is 10.0. The van der Waals surface area contributed by atoms with E-state index in [2.05, 4.69) is 25.6 Å². The molecule has 2 unspecified atom stereocenters. The number of alkyl halides is 1. The summed E-state index contributed by atoms with van der Waals surface area (Å²) in [5.74, 6) is -0.308. The highest BCUT2D eigenvalue weighted by Gasteiger charge is 2.27. The highest BCUT2D eigenvalue weighted by Crippen LogP contribution is 2.24. The molecule has 0 aliphatic heterocycles. The van der Waals surface area contributed by atoms with Crippen LogP contribution < -0.4 is 16.4 Å². The largest absolute Gasteiger partial charge is 0.404 e. The van der Waals surface area contributed by atoms with E-state index in [0.29, 0.717) is 28.4 Å². The second-order valence-corrected chi connectivity index (χ2v) is 8.13.